The van der Waals surface area contributed by atoms with Crippen molar-refractivity contribution < 1.29 is 4.74 Å². The molecule has 2 aromatic carbocycles. The number of nitrogens with two attached hydrogens (primary N) is 1. The summed E-state index contributed by atoms with van der Waals surface area (Å²) in [7, 11) is 0. The molecule has 0 radical (unpaired) electrons. The fourth-order valence-electron chi connectivity index (χ4n) is 2.32. The van der Waals surface area contributed by atoms with Gasteiger partial charge in [-0.15, -0.1) is 0 Å². The van der Waals surface area contributed by atoms with E-state index >= 15 is 0 Å². The van der Waals surface area contributed by atoms with Crippen LogP contribution >= 0.6 is 11.6 Å². The van der Waals surface area contributed by atoms with E-state index in [2.05, 4.69) is 4.98 Å². The van der Waals surface area contributed by atoms with Gasteiger partial charge in [-0.1, -0.05) is 54.1 Å². The predicted octanol–water partition coefficient (Wildman–Crippen LogP) is 3.22. The summed E-state index contributed by atoms with van der Waals surface area (Å²) in [6.07, 6.45) is 1.70. The molecule has 24 heavy (non-hydrogen) atoms. The van der Waals surface area contributed by atoms with Gasteiger partial charge in [0.25, 0.3) is 0 Å². The minimum atomic E-state index is -0.407. The molecule has 0 amide bonds. The van der Waals surface area contributed by atoms with Gasteiger partial charge in [-0.3, -0.25) is 4.57 Å². The van der Waals surface area contributed by atoms with Gasteiger partial charge in [0.05, 0.1) is 11.6 Å². The lowest BCUT2D eigenvalue weighted by molar-refractivity contribution is 0.295. The number of rotatable bonds is 5. The first-order valence-electron chi connectivity index (χ1n) is 7.45. The Kier molecular flexibility index (Phi) is 4.82. The molecule has 0 bridgehead atoms. The molecule has 0 aliphatic heterocycles. The van der Waals surface area contributed by atoms with Crippen molar-refractivity contribution in [2.75, 3.05) is 12.3 Å². The Labute approximate surface area is 144 Å². The molecule has 1 heterocycles. The molecule has 1 aromatic heterocycles. The second kappa shape index (κ2) is 7.19. The van der Waals surface area contributed by atoms with Crippen LogP contribution in [0.15, 0.2) is 65.6 Å². The van der Waals surface area contributed by atoms with E-state index in [9.17, 15) is 4.79 Å². The Morgan fingerprint density at radius 2 is 1.79 bits per heavy atom. The number of para-hydroxylation sites is 1. The van der Waals surface area contributed by atoms with E-state index in [0.717, 1.165) is 5.56 Å². The van der Waals surface area contributed by atoms with Crippen molar-refractivity contribution in [1.29, 1.82) is 0 Å². The van der Waals surface area contributed by atoms with Crippen LogP contribution in [0.2, 0.25) is 5.02 Å². The van der Waals surface area contributed by atoms with Gasteiger partial charge < -0.3 is 10.5 Å². The van der Waals surface area contributed by atoms with Crippen LogP contribution in [0.4, 0.5) is 5.82 Å². The second-order valence-electron chi connectivity index (χ2n) is 5.16. The van der Waals surface area contributed by atoms with Crippen LogP contribution in [0.3, 0.4) is 0 Å². The molecule has 5 nitrogen and oxygen atoms in total. The number of aromatic nitrogens is 2. The lowest BCUT2D eigenvalue weighted by Gasteiger charge is -2.11. The van der Waals surface area contributed by atoms with Crippen LogP contribution in [0.5, 0.6) is 5.75 Å². The number of anilines is 1. The molecule has 122 valence electrons. The highest BCUT2D eigenvalue weighted by Gasteiger charge is 2.08. The SMILES string of the molecule is Nc1nc(=O)n(CCOc2ccccc2Cl)cc1-c1ccccc1. The summed E-state index contributed by atoms with van der Waals surface area (Å²) in [5.74, 6) is 0.799. The first kappa shape index (κ1) is 16.1. The van der Waals surface area contributed by atoms with Crippen LogP contribution in [-0.4, -0.2) is 16.2 Å². The van der Waals surface area contributed by atoms with Crippen molar-refractivity contribution in [3.05, 3.63) is 76.3 Å². The van der Waals surface area contributed by atoms with Gasteiger partial charge in [0.1, 0.15) is 18.2 Å². The molecular formula is C18H16ClN3O2. The first-order chi connectivity index (χ1) is 11.6. The molecule has 0 atom stereocenters. The average Bonchev–Trinajstić information content (AvgIpc) is 2.59. The summed E-state index contributed by atoms with van der Waals surface area (Å²) in [5.41, 5.74) is 7.10. The fourth-order valence-corrected chi connectivity index (χ4v) is 2.51. The minimum absolute atomic E-state index is 0.217. The fraction of sp³-hybridized carbons (Fsp3) is 0.111. The Bertz CT molecular complexity index is 894. The number of halogens is 1. The van der Waals surface area contributed by atoms with Crippen LogP contribution in [0.1, 0.15) is 0 Å². The molecule has 0 unspecified atom stereocenters. The van der Waals surface area contributed by atoms with E-state index in [-0.39, 0.29) is 5.82 Å². The topological polar surface area (TPSA) is 70.1 Å². The summed E-state index contributed by atoms with van der Waals surface area (Å²) in [5, 5.41) is 0.533. The third-order valence-corrected chi connectivity index (χ3v) is 3.85. The number of benzene rings is 2. The second-order valence-corrected chi connectivity index (χ2v) is 5.57. The van der Waals surface area contributed by atoms with E-state index in [0.29, 0.717) is 29.5 Å². The highest BCUT2D eigenvalue weighted by Crippen LogP contribution is 2.24. The van der Waals surface area contributed by atoms with Crippen molar-refractivity contribution in [1.82, 2.24) is 9.55 Å². The Morgan fingerprint density at radius 3 is 2.54 bits per heavy atom. The zero-order chi connectivity index (χ0) is 16.9. The molecule has 3 rings (SSSR count). The Morgan fingerprint density at radius 1 is 1.08 bits per heavy atom. The molecule has 3 aromatic rings. The van der Waals surface area contributed by atoms with Crippen LogP contribution in [0.25, 0.3) is 11.1 Å². The largest absolute Gasteiger partial charge is 0.490 e. The van der Waals surface area contributed by atoms with E-state index in [1.54, 1.807) is 18.3 Å². The number of nitrogen functional groups attached to an aromatic ring is 1. The van der Waals surface area contributed by atoms with E-state index in [4.69, 9.17) is 22.1 Å². The van der Waals surface area contributed by atoms with E-state index in [1.807, 2.05) is 42.5 Å². The van der Waals surface area contributed by atoms with Crippen molar-refractivity contribution in [3.63, 3.8) is 0 Å². The van der Waals surface area contributed by atoms with Crippen molar-refractivity contribution in [3.8, 4) is 16.9 Å². The molecule has 0 saturated carbocycles. The lowest BCUT2D eigenvalue weighted by atomic mass is 10.1. The normalized spacial score (nSPS) is 10.5. The number of nitrogens with zero attached hydrogens (tertiary/aromatic N) is 2. The molecule has 2 N–H and O–H groups in total. The van der Waals surface area contributed by atoms with Gasteiger partial charge in [0.2, 0.25) is 0 Å². The maximum absolute atomic E-state index is 12.0. The summed E-state index contributed by atoms with van der Waals surface area (Å²) in [4.78, 5) is 15.9. The van der Waals surface area contributed by atoms with Crippen molar-refractivity contribution in [2.24, 2.45) is 0 Å². The van der Waals surface area contributed by atoms with Gasteiger partial charge in [0, 0.05) is 11.8 Å². The van der Waals surface area contributed by atoms with E-state index < -0.39 is 5.69 Å². The van der Waals surface area contributed by atoms with Crippen LogP contribution in [0, 0.1) is 0 Å². The maximum atomic E-state index is 12.0. The first-order valence-corrected chi connectivity index (χ1v) is 7.82. The molecule has 0 aliphatic rings. The number of hydrogen-bond donors (Lipinski definition) is 1. The third-order valence-electron chi connectivity index (χ3n) is 3.53. The molecule has 0 saturated heterocycles. The van der Waals surface area contributed by atoms with Gasteiger partial charge >= 0.3 is 5.69 Å². The zero-order valence-electron chi connectivity index (χ0n) is 12.9. The van der Waals surface area contributed by atoms with E-state index in [1.165, 1.54) is 4.57 Å². The van der Waals surface area contributed by atoms with Gasteiger partial charge in [-0.05, 0) is 17.7 Å². The Hall–Kier alpha value is -2.79. The predicted molar refractivity (Wildman–Crippen MR) is 95.3 cm³/mol. The van der Waals surface area contributed by atoms with Crippen molar-refractivity contribution >= 4 is 17.4 Å². The lowest BCUT2D eigenvalue weighted by Crippen LogP contribution is -2.26. The molecular weight excluding hydrogens is 326 g/mol. The van der Waals surface area contributed by atoms with Crippen molar-refractivity contribution in [2.45, 2.75) is 6.54 Å². The third kappa shape index (κ3) is 3.58. The molecule has 0 aliphatic carbocycles. The standard InChI is InChI=1S/C18H16ClN3O2/c19-15-8-4-5-9-16(15)24-11-10-22-12-14(17(20)21-18(22)23)13-6-2-1-3-7-13/h1-9,12H,10-11H2,(H2,20,21,23). The number of hydrogen-bond acceptors (Lipinski definition) is 4. The summed E-state index contributed by atoms with van der Waals surface area (Å²) >= 11 is 6.04. The maximum Gasteiger partial charge on any atom is 0.349 e. The summed E-state index contributed by atoms with van der Waals surface area (Å²) in [6, 6.07) is 16.8. The smallest absolute Gasteiger partial charge is 0.349 e. The van der Waals surface area contributed by atoms with Gasteiger partial charge in [-0.2, -0.15) is 4.98 Å². The molecule has 6 heteroatoms. The van der Waals surface area contributed by atoms with Crippen LogP contribution in [-0.2, 0) is 6.54 Å². The zero-order valence-corrected chi connectivity index (χ0v) is 13.6. The Balaban J connectivity index is 1.79. The summed E-state index contributed by atoms with van der Waals surface area (Å²) < 4.78 is 7.10. The monoisotopic (exact) mass is 341 g/mol. The highest BCUT2D eigenvalue weighted by atomic mass is 35.5. The van der Waals surface area contributed by atoms with Gasteiger partial charge in [0.15, 0.2) is 0 Å². The average molecular weight is 342 g/mol. The van der Waals surface area contributed by atoms with Gasteiger partial charge in [-0.25, -0.2) is 4.79 Å². The summed E-state index contributed by atoms with van der Waals surface area (Å²) in [6.45, 7) is 0.640. The van der Waals surface area contributed by atoms with Crippen LogP contribution < -0.4 is 16.2 Å². The highest BCUT2D eigenvalue weighted by molar-refractivity contribution is 6.32. The quantitative estimate of drug-likeness (QED) is 0.773. The molecule has 0 spiro atoms. The minimum Gasteiger partial charge on any atom is -0.490 e. The number of ether oxygens (including phenoxy) is 1. The molecule has 0 fully saturated rings.